The Morgan fingerprint density at radius 1 is 1.36 bits per heavy atom. The molecule has 2 N–H and O–H groups in total. The van der Waals surface area contributed by atoms with Gasteiger partial charge in [0.25, 0.3) is 5.56 Å². The number of H-pyrrole nitrogens is 1. The number of rotatable bonds is 6. The van der Waals surface area contributed by atoms with Crippen molar-refractivity contribution in [2.24, 2.45) is 0 Å². The molecular formula is C16H18N2O3S. The molecule has 6 heteroatoms. The maximum absolute atomic E-state index is 12.0. The second kappa shape index (κ2) is 7.26. The summed E-state index contributed by atoms with van der Waals surface area (Å²) in [5, 5.41) is 10.2. The molecule has 22 heavy (non-hydrogen) atoms. The highest BCUT2D eigenvalue weighted by atomic mass is 32.2. The fourth-order valence-electron chi connectivity index (χ4n) is 2.01. The average molecular weight is 318 g/mol. The summed E-state index contributed by atoms with van der Waals surface area (Å²) in [5.41, 5.74) is 0.551. The van der Waals surface area contributed by atoms with Crippen LogP contribution in [0.2, 0.25) is 0 Å². The predicted octanol–water partition coefficient (Wildman–Crippen LogP) is 2.96. The van der Waals surface area contributed by atoms with Crippen LogP contribution in [0.3, 0.4) is 0 Å². The van der Waals surface area contributed by atoms with E-state index in [1.165, 1.54) is 0 Å². The molecule has 5 nitrogen and oxygen atoms in total. The van der Waals surface area contributed by atoms with Crippen molar-refractivity contribution in [3.63, 3.8) is 0 Å². The van der Waals surface area contributed by atoms with Crippen LogP contribution in [-0.2, 0) is 0 Å². The van der Waals surface area contributed by atoms with Gasteiger partial charge in [-0.25, -0.2) is 0 Å². The first kappa shape index (κ1) is 16.3. The summed E-state index contributed by atoms with van der Waals surface area (Å²) in [4.78, 5) is 30.6. The zero-order valence-electron chi connectivity index (χ0n) is 12.5. The number of hydrogen-bond donors (Lipinski definition) is 2. The number of aromatic hydroxyl groups is 1. The van der Waals surface area contributed by atoms with Gasteiger partial charge in [0.15, 0.2) is 10.9 Å². The normalized spacial score (nSPS) is 12.1. The molecule has 0 aliphatic heterocycles. The molecule has 1 heterocycles. The zero-order chi connectivity index (χ0) is 16.1. The second-order valence-corrected chi connectivity index (χ2v) is 5.96. The van der Waals surface area contributed by atoms with Crippen molar-refractivity contribution < 1.29 is 9.90 Å². The van der Waals surface area contributed by atoms with E-state index in [0.717, 1.165) is 18.2 Å². The van der Waals surface area contributed by atoms with Gasteiger partial charge in [-0.3, -0.25) is 9.59 Å². The van der Waals surface area contributed by atoms with Crippen LogP contribution < -0.4 is 5.56 Å². The third kappa shape index (κ3) is 3.76. The third-order valence-electron chi connectivity index (χ3n) is 3.45. The van der Waals surface area contributed by atoms with Gasteiger partial charge in [0.05, 0.1) is 11.3 Å². The molecule has 116 valence electrons. The highest BCUT2D eigenvalue weighted by molar-refractivity contribution is 7.99. The van der Waals surface area contributed by atoms with Gasteiger partial charge >= 0.3 is 0 Å². The predicted molar refractivity (Wildman–Crippen MR) is 86.7 cm³/mol. The van der Waals surface area contributed by atoms with E-state index < -0.39 is 0 Å². The summed E-state index contributed by atoms with van der Waals surface area (Å²) in [6.45, 7) is 3.79. The van der Waals surface area contributed by atoms with Gasteiger partial charge in [0, 0.05) is 5.56 Å². The van der Waals surface area contributed by atoms with Gasteiger partial charge in [-0.15, -0.1) is 0 Å². The van der Waals surface area contributed by atoms with Crippen LogP contribution in [-0.4, -0.2) is 26.6 Å². The smallest absolute Gasteiger partial charge is 0.258 e. The van der Waals surface area contributed by atoms with E-state index in [1.807, 2.05) is 19.9 Å². The Hall–Kier alpha value is -2.08. The summed E-state index contributed by atoms with van der Waals surface area (Å²) in [7, 11) is 0. The van der Waals surface area contributed by atoms with Crippen molar-refractivity contribution in [3.8, 4) is 5.88 Å². The maximum atomic E-state index is 12.0. The van der Waals surface area contributed by atoms with Crippen molar-refractivity contribution in [1.82, 2.24) is 9.97 Å². The molecule has 0 amide bonds. The number of benzene rings is 1. The summed E-state index contributed by atoms with van der Waals surface area (Å²) < 4.78 is 0. The minimum atomic E-state index is -0.350. The van der Waals surface area contributed by atoms with Crippen LogP contribution in [0, 0.1) is 0 Å². The molecule has 0 fully saturated rings. The van der Waals surface area contributed by atoms with Crippen molar-refractivity contribution in [1.29, 1.82) is 0 Å². The molecule has 2 rings (SSSR count). The fraction of sp³-hybridized carbons (Fsp3) is 0.312. The number of thioether (sulfide) groups is 1. The van der Waals surface area contributed by atoms with E-state index in [9.17, 15) is 14.7 Å². The number of Topliss-reactive ketones (excluding diaryl/α,β-unsaturated/α-hetero) is 1. The van der Waals surface area contributed by atoms with Gasteiger partial charge in [0.2, 0.25) is 5.88 Å². The fourth-order valence-corrected chi connectivity index (χ4v) is 2.76. The number of nitrogens with zero attached hydrogens (tertiary/aromatic N) is 1. The highest BCUT2D eigenvalue weighted by Crippen LogP contribution is 2.24. The molecule has 0 radical (unpaired) electrons. The van der Waals surface area contributed by atoms with Crippen LogP contribution in [0.15, 0.2) is 40.3 Å². The Morgan fingerprint density at radius 2 is 2.05 bits per heavy atom. The third-order valence-corrected chi connectivity index (χ3v) is 4.33. The molecule has 0 spiro atoms. The highest BCUT2D eigenvalue weighted by Gasteiger charge is 2.17. The standard InChI is InChI=1S/C16H18N2O3S/c1-3-10(2)13-14(20)17-16(18-15(13)21)22-9-12(19)11-7-5-4-6-8-11/h4-8,10H,3,9H2,1-2H3,(H2,17,18,20,21)/t10-/m1/s1. The molecule has 2 aromatic rings. The average Bonchev–Trinajstić information content (AvgIpc) is 2.52. The monoisotopic (exact) mass is 318 g/mol. The first-order chi connectivity index (χ1) is 10.5. The number of carbonyl (C=O) groups is 1. The Balaban J connectivity index is 2.12. The van der Waals surface area contributed by atoms with Gasteiger partial charge in [-0.2, -0.15) is 4.98 Å². The molecule has 0 saturated carbocycles. The molecule has 1 aromatic carbocycles. The van der Waals surface area contributed by atoms with Crippen molar-refractivity contribution in [3.05, 3.63) is 51.8 Å². The van der Waals surface area contributed by atoms with Crippen LogP contribution in [0.25, 0.3) is 0 Å². The Labute approximate surface area is 132 Å². The minimum Gasteiger partial charge on any atom is -0.493 e. The van der Waals surface area contributed by atoms with Crippen LogP contribution in [0.4, 0.5) is 0 Å². The largest absolute Gasteiger partial charge is 0.493 e. The molecule has 0 aliphatic rings. The number of aromatic nitrogens is 2. The summed E-state index contributed by atoms with van der Waals surface area (Å²) in [6.07, 6.45) is 0.733. The van der Waals surface area contributed by atoms with Crippen molar-refractivity contribution in [2.45, 2.75) is 31.3 Å². The van der Waals surface area contributed by atoms with Crippen molar-refractivity contribution in [2.75, 3.05) is 5.75 Å². The second-order valence-electron chi connectivity index (χ2n) is 5.00. The van der Waals surface area contributed by atoms with Gasteiger partial charge < -0.3 is 10.1 Å². The van der Waals surface area contributed by atoms with E-state index in [0.29, 0.717) is 11.1 Å². The number of ketones is 1. The van der Waals surface area contributed by atoms with E-state index >= 15 is 0 Å². The summed E-state index contributed by atoms with van der Waals surface area (Å²) in [5.74, 6) is -0.234. The van der Waals surface area contributed by atoms with Crippen LogP contribution in [0.5, 0.6) is 5.88 Å². The Kier molecular flexibility index (Phi) is 5.38. The Bertz CT molecular complexity index is 713. The Morgan fingerprint density at radius 3 is 2.64 bits per heavy atom. The lowest BCUT2D eigenvalue weighted by Crippen LogP contribution is -2.17. The molecular weight excluding hydrogens is 300 g/mol. The number of nitrogens with one attached hydrogen (secondary N) is 1. The number of aromatic amines is 1. The molecule has 0 bridgehead atoms. The number of carbonyl (C=O) groups excluding carboxylic acids is 1. The lowest BCUT2D eigenvalue weighted by atomic mass is 10.0. The molecule has 0 saturated heterocycles. The first-order valence-corrected chi connectivity index (χ1v) is 8.05. The van der Waals surface area contributed by atoms with Gasteiger partial charge in [-0.05, 0) is 12.3 Å². The SMILES string of the molecule is CC[C@@H](C)c1c(O)nc(SCC(=O)c2ccccc2)[nH]c1=O. The van der Waals surface area contributed by atoms with E-state index in [4.69, 9.17) is 0 Å². The first-order valence-electron chi connectivity index (χ1n) is 7.07. The summed E-state index contributed by atoms with van der Waals surface area (Å²) in [6, 6.07) is 8.91. The lowest BCUT2D eigenvalue weighted by molar-refractivity contribution is 0.102. The van der Waals surface area contributed by atoms with E-state index in [-0.39, 0.29) is 34.0 Å². The quantitative estimate of drug-likeness (QED) is 0.486. The van der Waals surface area contributed by atoms with E-state index in [2.05, 4.69) is 9.97 Å². The maximum Gasteiger partial charge on any atom is 0.258 e. The minimum absolute atomic E-state index is 0.0567. The molecule has 0 unspecified atom stereocenters. The summed E-state index contributed by atoms with van der Waals surface area (Å²) >= 11 is 1.10. The zero-order valence-corrected chi connectivity index (χ0v) is 13.3. The molecule has 1 atom stereocenters. The number of hydrogen-bond acceptors (Lipinski definition) is 5. The lowest BCUT2D eigenvalue weighted by Gasteiger charge is -2.10. The van der Waals surface area contributed by atoms with Crippen LogP contribution >= 0.6 is 11.8 Å². The van der Waals surface area contributed by atoms with Gasteiger partial charge in [-0.1, -0.05) is 55.9 Å². The van der Waals surface area contributed by atoms with Gasteiger partial charge in [0.1, 0.15) is 0 Å². The van der Waals surface area contributed by atoms with E-state index in [1.54, 1.807) is 24.3 Å². The molecule has 1 aromatic heterocycles. The topological polar surface area (TPSA) is 83.1 Å². The van der Waals surface area contributed by atoms with Crippen molar-refractivity contribution >= 4 is 17.5 Å². The molecule has 0 aliphatic carbocycles. The van der Waals surface area contributed by atoms with Crippen LogP contribution in [0.1, 0.15) is 42.1 Å².